The summed E-state index contributed by atoms with van der Waals surface area (Å²) in [4.78, 5) is 73.4. The molecule has 56 heavy (non-hydrogen) atoms. The van der Waals surface area contributed by atoms with E-state index < -0.39 is 23.2 Å². The van der Waals surface area contributed by atoms with Crippen LogP contribution in [-0.2, 0) is 19.8 Å². The quantitative estimate of drug-likeness (QED) is 0.252. The molecule has 4 aromatic rings. The molecule has 0 radical (unpaired) electrons. The van der Waals surface area contributed by atoms with Crippen LogP contribution in [0.1, 0.15) is 86.3 Å². The predicted octanol–water partition coefficient (Wildman–Crippen LogP) is 4.82. The zero-order chi connectivity index (χ0) is 38.5. The molecule has 10 rings (SSSR count). The molecule has 290 valence electrons. The Labute approximate surface area is 323 Å². The first kappa shape index (κ1) is 34.9. The molecule has 0 bridgehead atoms. The summed E-state index contributed by atoms with van der Waals surface area (Å²) >= 11 is 0. The summed E-state index contributed by atoms with van der Waals surface area (Å²) in [7, 11) is 3.54. The average molecular weight is 761 g/mol. The molecule has 0 unspecified atom stereocenters. The topological polar surface area (TPSA) is 149 Å². The Kier molecular flexibility index (Phi) is 7.91. The monoisotopic (exact) mass is 760 g/mol. The summed E-state index contributed by atoms with van der Waals surface area (Å²) in [5.41, 5.74) is 3.60. The molecule has 1 aromatic carbocycles. The summed E-state index contributed by atoms with van der Waals surface area (Å²) in [5.74, 6) is -0.600. The summed E-state index contributed by atoms with van der Waals surface area (Å²) in [5, 5.41) is 6.45. The lowest BCUT2D eigenvalue weighted by Crippen LogP contribution is -2.61. The second-order valence-electron chi connectivity index (χ2n) is 16.9. The lowest BCUT2D eigenvalue weighted by Gasteiger charge is -2.55. The van der Waals surface area contributed by atoms with Crippen LogP contribution in [0.15, 0.2) is 42.7 Å². The second kappa shape index (κ2) is 12.7. The van der Waals surface area contributed by atoms with Crippen LogP contribution in [-0.4, -0.2) is 94.4 Å². The van der Waals surface area contributed by atoms with Crippen LogP contribution in [0.4, 0.5) is 33.2 Å². The van der Waals surface area contributed by atoms with Gasteiger partial charge in [-0.05, 0) is 75.3 Å². The zero-order valence-electron chi connectivity index (χ0n) is 31.7. The van der Waals surface area contributed by atoms with E-state index >= 15 is 4.39 Å². The van der Waals surface area contributed by atoms with Crippen LogP contribution in [0.5, 0.6) is 0 Å². The molecular formula is C41H45FN10O4. The van der Waals surface area contributed by atoms with Gasteiger partial charge < -0.3 is 24.6 Å². The van der Waals surface area contributed by atoms with Gasteiger partial charge >= 0.3 is 0 Å². The van der Waals surface area contributed by atoms with E-state index in [1.165, 1.54) is 11.0 Å². The van der Waals surface area contributed by atoms with E-state index in [-0.39, 0.29) is 47.7 Å². The summed E-state index contributed by atoms with van der Waals surface area (Å²) < 4.78 is 17.7. The second-order valence-corrected chi connectivity index (χ2v) is 16.9. The summed E-state index contributed by atoms with van der Waals surface area (Å²) in [6.45, 7) is 3.40. The van der Waals surface area contributed by atoms with Crippen molar-refractivity contribution in [2.75, 3.05) is 60.3 Å². The highest BCUT2D eigenvalue weighted by molar-refractivity contribution is 6.16. The number of piperidine rings is 2. The van der Waals surface area contributed by atoms with E-state index in [0.29, 0.717) is 30.3 Å². The Balaban J connectivity index is 0.807. The fraction of sp³-hybridized carbons (Fsp3) is 0.488. The Morgan fingerprint density at radius 3 is 2.39 bits per heavy atom. The minimum Gasteiger partial charge on any atom is -0.370 e. The molecule has 7 heterocycles. The summed E-state index contributed by atoms with van der Waals surface area (Å²) in [6.07, 6.45) is 11.5. The Hall–Kier alpha value is -5.60. The van der Waals surface area contributed by atoms with Crippen molar-refractivity contribution >= 4 is 63.5 Å². The number of benzene rings is 1. The number of anilines is 5. The molecule has 3 saturated heterocycles. The number of halogens is 1. The van der Waals surface area contributed by atoms with Crippen LogP contribution < -0.4 is 25.3 Å². The van der Waals surface area contributed by atoms with Crippen molar-refractivity contribution < 1.29 is 23.6 Å². The van der Waals surface area contributed by atoms with E-state index in [9.17, 15) is 19.2 Å². The van der Waals surface area contributed by atoms with Gasteiger partial charge in [-0.1, -0.05) is 12.8 Å². The van der Waals surface area contributed by atoms with Crippen LogP contribution in [0, 0.1) is 11.2 Å². The van der Waals surface area contributed by atoms with Crippen molar-refractivity contribution in [3.05, 3.63) is 59.8 Å². The molecular weight excluding hydrogens is 716 g/mol. The van der Waals surface area contributed by atoms with E-state index in [1.54, 1.807) is 31.3 Å². The standard InChI is InChI=1S/C41H45FN10O4/c1-48(2)37(55)30-19-24-20-44-39(47-35(24)51(30)25-5-3-4-6-25)45-31-11-7-26(21-43-31)49-17-15-40(16-18-49)22-50(23-40)28-9-8-27(42)34-33(28)41(13-14-41)38(56)52(34)29-10-12-32(53)46-36(29)54/h7-9,11,19-21,25,29H,3-6,10,12-18,22-23H2,1-2H3,(H,46,53,54)(H,43,44,45,47)/t29-/m1/s1. The maximum absolute atomic E-state index is 15.6. The van der Waals surface area contributed by atoms with E-state index in [2.05, 4.69) is 36.1 Å². The molecule has 4 amide bonds. The van der Waals surface area contributed by atoms with Gasteiger partial charge in [0, 0.05) is 81.0 Å². The van der Waals surface area contributed by atoms with Gasteiger partial charge in [0.1, 0.15) is 29.0 Å². The highest BCUT2D eigenvalue weighted by Gasteiger charge is 2.64. The normalized spacial score (nSPS) is 22.5. The molecule has 1 atom stereocenters. The molecule has 2 saturated carbocycles. The third kappa shape index (κ3) is 5.44. The first-order valence-corrected chi connectivity index (χ1v) is 19.9. The van der Waals surface area contributed by atoms with Crippen molar-refractivity contribution in [2.24, 2.45) is 5.41 Å². The smallest absolute Gasteiger partial charge is 0.270 e. The van der Waals surface area contributed by atoms with Gasteiger partial charge in [-0.3, -0.25) is 29.4 Å². The van der Waals surface area contributed by atoms with Gasteiger partial charge in [0.25, 0.3) is 5.91 Å². The number of hydrogen-bond donors (Lipinski definition) is 2. The lowest BCUT2D eigenvalue weighted by molar-refractivity contribution is -0.135. The highest BCUT2D eigenvalue weighted by Crippen LogP contribution is 2.62. The third-order valence-corrected chi connectivity index (χ3v) is 13.2. The van der Waals surface area contributed by atoms with E-state index in [1.807, 2.05) is 18.3 Å². The number of fused-ring (bicyclic) bond motifs is 3. The SMILES string of the molecule is CN(C)C(=O)c1cc2cnc(Nc3ccc(N4CCC5(CC4)CN(c4ccc(F)c6c4C4(CC4)C(=O)N6[C@@H]4CCC(=O)NC4=O)C5)cn3)nc2n1C1CCCC1. The van der Waals surface area contributed by atoms with Crippen molar-refractivity contribution in [1.29, 1.82) is 0 Å². The molecule has 2 aliphatic carbocycles. The minimum absolute atomic E-state index is 0.0414. The van der Waals surface area contributed by atoms with Gasteiger partial charge in [-0.15, -0.1) is 0 Å². The minimum atomic E-state index is -0.887. The van der Waals surface area contributed by atoms with Crippen LogP contribution in [0.2, 0.25) is 0 Å². The lowest BCUT2D eigenvalue weighted by atomic mass is 9.71. The molecule has 2 spiro atoms. The van der Waals surface area contributed by atoms with Gasteiger partial charge in [0.2, 0.25) is 23.7 Å². The first-order chi connectivity index (χ1) is 27.0. The number of pyridine rings is 1. The van der Waals surface area contributed by atoms with Crippen molar-refractivity contribution in [3.8, 4) is 0 Å². The number of carbonyl (C=O) groups is 4. The Bertz CT molecular complexity index is 2300. The van der Waals surface area contributed by atoms with Gasteiger partial charge in [-0.25, -0.2) is 14.4 Å². The fourth-order valence-corrected chi connectivity index (χ4v) is 10.0. The molecule has 4 aliphatic heterocycles. The van der Waals surface area contributed by atoms with Crippen molar-refractivity contribution in [2.45, 2.75) is 81.7 Å². The number of imide groups is 1. The van der Waals surface area contributed by atoms with Crippen LogP contribution in [0.3, 0.4) is 0 Å². The average Bonchev–Trinajstić information content (AvgIpc) is 3.50. The van der Waals surface area contributed by atoms with Crippen molar-refractivity contribution in [3.63, 3.8) is 0 Å². The number of amides is 4. The molecule has 3 aromatic heterocycles. The maximum Gasteiger partial charge on any atom is 0.270 e. The maximum atomic E-state index is 15.6. The Morgan fingerprint density at radius 1 is 0.946 bits per heavy atom. The predicted molar refractivity (Wildman–Crippen MR) is 208 cm³/mol. The van der Waals surface area contributed by atoms with Gasteiger partial charge in [-0.2, -0.15) is 4.98 Å². The molecule has 6 aliphatic rings. The van der Waals surface area contributed by atoms with Gasteiger partial charge in [0.05, 0.1) is 23.0 Å². The molecule has 5 fully saturated rings. The fourth-order valence-electron chi connectivity index (χ4n) is 10.0. The van der Waals surface area contributed by atoms with Crippen LogP contribution >= 0.6 is 0 Å². The Morgan fingerprint density at radius 2 is 1.71 bits per heavy atom. The number of nitrogens with zero attached hydrogens (tertiary/aromatic N) is 8. The largest absolute Gasteiger partial charge is 0.370 e. The number of aromatic nitrogens is 4. The number of nitrogens with one attached hydrogen (secondary N) is 2. The number of hydrogen-bond acceptors (Lipinski definition) is 10. The number of rotatable bonds is 7. The van der Waals surface area contributed by atoms with E-state index in [0.717, 1.165) is 92.7 Å². The van der Waals surface area contributed by atoms with Crippen molar-refractivity contribution in [1.82, 2.24) is 29.7 Å². The molecule has 2 N–H and O–H groups in total. The third-order valence-electron chi connectivity index (χ3n) is 13.2. The van der Waals surface area contributed by atoms with E-state index in [4.69, 9.17) is 9.97 Å². The first-order valence-electron chi connectivity index (χ1n) is 19.9. The molecule has 15 heteroatoms. The number of carbonyl (C=O) groups excluding carboxylic acids is 4. The van der Waals surface area contributed by atoms with Gasteiger partial charge in [0.15, 0.2) is 0 Å². The summed E-state index contributed by atoms with van der Waals surface area (Å²) in [6, 6.07) is 8.48. The molecule has 14 nitrogen and oxygen atoms in total. The highest BCUT2D eigenvalue weighted by atomic mass is 19.1. The van der Waals surface area contributed by atoms with Crippen LogP contribution in [0.25, 0.3) is 11.0 Å². The zero-order valence-corrected chi connectivity index (χ0v) is 31.7.